The van der Waals surface area contributed by atoms with Gasteiger partial charge in [0.2, 0.25) is 11.6 Å². The Morgan fingerprint density at radius 1 is 0.596 bits per heavy atom. The van der Waals surface area contributed by atoms with E-state index in [1.807, 2.05) is 0 Å². The third-order valence-corrected chi connectivity index (χ3v) is 4750. The van der Waals surface area contributed by atoms with Gasteiger partial charge in [-0.25, -0.2) is 28.8 Å². The van der Waals surface area contributed by atoms with Gasteiger partial charge in [0.05, 0.1) is 31.6 Å². The average Bonchev–Trinajstić information content (AvgIpc) is 1.61. The molecular formula is C21H23FI61N9O8P2S2. The van der Waals surface area contributed by atoms with Crippen LogP contribution in [-0.4, -0.2) is 75.5 Å². The summed E-state index contributed by atoms with van der Waals surface area (Å²) in [6.45, 7) is -2.16. The molecule has 1 fully saturated rings. The predicted octanol–water partition coefficient (Wildman–Crippen LogP) is 56.3. The van der Waals surface area contributed by atoms with Crippen molar-refractivity contribution in [1.29, 1.82) is 0 Å². The molecule has 0 spiro atoms. The van der Waals surface area contributed by atoms with Gasteiger partial charge in [0.25, 0.3) is 5.56 Å². The Balaban J connectivity index is 0.000000398. The van der Waals surface area contributed by atoms with Crippen LogP contribution in [0.2, 0.25) is 0 Å². The summed E-state index contributed by atoms with van der Waals surface area (Å²) in [5.41, 5.74) is 5.76. The van der Waals surface area contributed by atoms with Crippen LogP contribution in [0.25, 0.3) is 27.2 Å². The molecule has 0 saturated carbocycles. The van der Waals surface area contributed by atoms with Crippen molar-refractivity contribution < 1.29 is 36.7 Å². The molecule has 6 heterocycles. The van der Waals surface area contributed by atoms with E-state index in [4.69, 9.17) is 46.9 Å². The zero-order valence-corrected chi connectivity index (χ0v) is 180. The number of nitrogens with one attached hydrogen (secondary N) is 1. The second-order valence-corrected chi connectivity index (χ2v) is 1460. The molecule has 0 radical (unpaired) electrons. The van der Waals surface area contributed by atoms with E-state index in [0.717, 1.165) is 6.33 Å². The van der Waals surface area contributed by atoms with Crippen LogP contribution < -0.4 is 11.3 Å². The van der Waals surface area contributed by atoms with Gasteiger partial charge in [-0.3, -0.25) is 23.4 Å². The second-order valence-electron chi connectivity index (χ2n) is 14.1. The molecule has 2 aliphatic rings. The van der Waals surface area contributed by atoms with E-state index < -0.39 is 298 Å². The fraction of sp³-hybridized carbons (Fsp3) is 0.429. The average molecular weight is 8420 g/mol. The number of thiol groups is 1. The first-order chi connectivity index (χ1) is 48.1. The van der Waals surface area contributed by atoms with Crippen LogP contribution in [0.1, 0.15) is 12.1 Å². The quantitative estimate of drug-likeness (QED) is 0.0126. The van der Waals surface area contributed by atoms with Gasteiger partial charge in [0.15, 0.2) is 29.2 Å². The van der Waals surface area contributed by atoms with E-state index in [1.54, 1.807) is 4.57 Å². The molecule has 4 aromatic rings. The molecule has 4 N–H and O–H groups in total. The van der Waals surface area contributed by atoms with E-state index in [2.05, 4.69) is 624 Å². The Kier molecular flexibility index (Phi) is 94.3. The largest absolute Gasteiger partial charge is 0.387 e. The maximum absolute atomic E-state index is 15.8. The number of H-pyrrole nitrogens is 1. The molecule has 104 heavy (non-hydrogen) atoms. The van der Waals surface area contributed by atoms with Crippen LogP contribution in [0.5, 0.6) is 0 Å². The first-order valence-corrected chi connectivity index (χ1v) is 406. The Hall–Kier alpha value is 41.7. The third kappa shape index (κ3) is 45.5. The van der Waals surface area contributed by atoms with Crippen molar-refractivity contribution in [3.8, 4) is 0 Å². The van der Waals surface area contributed by atoms with Crippen molar-refractivity contribution in [2.24, 2.45) is 0 Å². The summed E-state index contributed by atoms with van der Waals surface area (Å²) in [6.07, 6.45) is -4.01. The topological polar surface area (TPSA) is 208 Å². The standard InChI is InChI=1S/C20H20FN9O8P2S2.CH3I61/c1-23-9-4-10-16(24-5-9)29-2-3-34-39(32,41)35-6-11-13(21)15(38-40(33,42)36-7-12(29)26-10)19(37-11)30-8-25-14-17(30)27-20(22)28-18(14)31;1-33(2)35(5)37(7)39(9)41(11)43(13)45(15)47(17)49(19)51(21)53(23)55(25)57(27)59(29)61(31)62(32)60(30)58(28)56(26)54(24)52(22)50(20)48(18)46(16)44(14)42(12)40(10)38(8)36(6)34(3)4/h4-5,8,11,13,15,19H,2-3,6-7H2,(H,32,41)(H,33,42)(H3,22,27,28,31);1H3/t11-,13-,15-,19-,39?,40?;/m1./s1. The zero-order valence-electron chi connectivity index (χ0n) is 45.1. The molecule has 2 bridgehead atoms. The molecule has 4 aromatic heterocycles. The van der Waals surface area contributed by atoms with Gasteiger partial charge in [0, 0.05) is 12.7 Å². The Morgan fingerprint density at radius 3 is 1.34 bits per heavy atom. The van der Waals surface area contributed by atoms with Gasteiger partial charge in [-0.2, -0.15) is 4.98 Å². The monoisotopic (exact) mass is 8420 g/mol. The summed E-state index contributed by atoms with van der Waals surface area (Å²) >= 11 is 112. The fourth-order valence-electron chi connectivity index (χ4n) is 5.41. The van der Waals surface area contributed by atoms with Gasteiger partial charge in [-0.1, -0.05) is 12.2 Å². The predicted molar refractivity (Wildman–Crippen MR) is 1010 cm³/mol. The summed E-state index contributed by atoms with van der Waals surface area (Å²) in [5, 5.41) is 0. The summed E-state index contributed by atoms with van der Waals surface area (Å²) in [4.78, 5) is 48.0. The second kappa shape index (κ2) is 72.0. The number of hydrogen-bond donors (Lipinski definition) is 4. The summed E-state index contributed by atoms with van der Waals surface area (Å²) in [6, 6.07) is 1.50. The van der Waals surface area contributed by atoms with Crippen molar-refractivity contribution in [2.75, 3.05) is 23.9 Å². The number of alkyl halides is 2. The number of aromatic amines is 1. The number of nitrogens with two attached hydrogens (primary N) is 1. The number of ether oxygens (including phenoxy) is 1. The number of nitrogen functional groups attached to an aromatic ring is 1. The normalized spacial score (nSPS) is 23.8. The first kappa shape index (κ1) is 136. The minimum atomic E-state index is -4.35. The van der Waals surface area contributed by atoms with Crippen molar-refractivity contribution in [3.63, 3.8) is 0 Å². The molecule has 17 nitrogen and oxygen atoms in total. The number of aromatic nitrogens is 7. The minimum Gasteiger partial charge on any atom is -0.369 e. The van der Waals surface area contributed by atoms with Crippen LogP contribution in [0.3, 0.4) is 0 Å². The van der Waals surface area contributed by atoms with Gasteiger partial charge in [-0.15, -0.1) is 0 Å². The molecule has 0 amide bonds. The Bertz CT molecular complexity index is 3510. The van der Waals surface area contributed by atoms with Crippen molar-refractivity contribution in [1.82, 2.24) is 34.1 Å². The molecule has 83 heteroatoms. The van der Waals surface area contributed by atoms with Crippen LogP contribution >= 0.6 is 844 Å². The Labute approximate surface area is 1020 Å². The number of nitrogens with zero attached hydrogens (tertiary/aromatic N) is 7. The number of imidazole rings is 2. The number of fused-ring (bicyclic) bond motifs is 6. The molecule has 2 unspecified atom stereocenters. The number of hydrogen-bond acceptors (Lipinski definition) is 13. The molecule has 0 aliphatic carbocycles. The van der Waals surface area contributed by atoms with Gasteiger partial charge in [-0.05, 0) is 17.9 Å². The van der Waals surface area contributed by atoms with Crippen LogP contribution in [0.4, 0.5) is 16.0 Å². The summed E-state index contributed by atoms with van der Waals surface area (Å²) < 4.78 is 59.7. The molecule has 656 valence electrons. The molecule has 6 atom stereocenters. The smallest absolute Gasteiger partial charge is 0.369 e. The number of anilines is 1. The van der Waals surface area contributed by atoms with Gasteiger partial charge in [0.1, 0.15) is 24.6 Å². The van der Waals surface area contributed by atoms with Crippen molar-refractivity contribution >= 4 is 889 Å². The molecule has 0 aromatic carbocycles. The van der Waals surface area contributed by atoms with E-state index in [9.17, 15) is 14.3 Å². The van der Waals surface area contributed by atoms with Crippen LogP contribution in [-0.2, 0) is 52.4 Å². The van der Waals surface area contributed by atoms with Gasteiger partial charge >= 0.3 is 836 Å². The summed E-state index contributed by atoms with van der Waals surface area (Å²) in [7, 11) is -16.3. The fourth-order valence-corrected chi connectivity index (χ4v) is 11600. The SMILES string of the molecule is CI(I)I(I)I(I)I(I)I(I)I(I)I(I)I(I)I(I)I(I)I(I)I(I)I(I)I(I)I(I)I(I)I(I)I(I)I(I)I(I)I(I)I(I)I(I)I(I)I(I)I(I)I(I)I(I)I(I)I(I)I.[C-]#[N+]c1cnc2c(c1)nc1n2CCOP(O)(=S)OC[C@H]2O[C@@H](n3cnc4c(=O)[nH]c(N)nc43)[C@H](OP(=O)(S)OC1)[C@@H]2F. The Morgan fingerprint density at radius 2 is 0.971 bits per heavy atom. The van der Waals surface area contributed by atoms with Crippen LogP contribution in [0, 0.1) is 6.57 Å². The third-order valence-electron chi connectivity index (χ3n) is 8.79. The summed E-state index contributed by atoms with van der Waals surface area (Å²) in [5.74, 6) is -0.0467. The molecule has 6 rings (SSSR count). The molecular weight excluding hydrogens is 8390 g/mol. The first-order valence-electron chi connectivity index (χ1n) is 20.9. The number of halogens is 62. The maximum atomic E-state index is 15.8. The van der Waals surface area contributed by atoms with Crippen molar-refractivity contribution in [3.05, 3.63) is 46.2 Å². The number of rotatable bonds is 30. The van der Waals surface area contributed by atoms with Crippen molar-refractivity contribution in [2.45, 2.75) is 37.8 Å². The molecule has 2 aliphatic heterocycles. The maximum Gasteiger partial charge on any atom is 0.387 e. The van der Waals surface area contributed by atoms with Gasteiger partial charge < -0.3 is 29.0 Å². The number of pyridine rings is 1. The minimum absolute atomic E-state index is 0.0545. The van der Waals surface area contributed by atoms with E-state index in [1.165, 1.54) is 16.8 Å². The molecule has 1 saturated heterocycles. The van der Waals surface area contributed by atoms with Crippen LogP contribution in [0.15, 0.2) is 23.4 Å². The van der Waals surface area contributed by atoms with E-state index >= 15 is 4.39 Å². The van der Waals surface area contributed by atoms with E-state index in [0.29, 0.717) is 11.2 Å². The zero-order chi connectivity index (χ0) is 79.1. The van der Waals surface area contributed by atoms with E-state index in [-0.39, 0.29) is 41.8 Å².